The second-order valence-corrected chi connectivity index (χ2v) is 6.98. The summed E-state index contributed by atoms with van der Waals surface area (Å²) >= 11 is 0. The fraction of sp³-hybridized carbons (Fsp3) is 0.450. The minimum Gasteiger partial charge on any atom is -0.394 e. The molecule has 0 aliphatic rings. The summed E-state index contributed by atoms with van der Waals surface area (Å²) in [7, 11) is 0. The molecule has 0 radical (unpaired) electrons. The minimum absolute atomic E-state index is 0.244. The van der Waals surface area contributed by atoms with Gasteiger partial charge in [0.25, 0.3) is 0 Å². The van der Waals surface area contributed by atoms with Crippen molar-refractivity contribution < 1.29 is 10.2 Å². The lowest BCUT2D eigenvalue weighted by Gasteiger charge is -2.26. The van der Waals surface area contributed by atoms with E-state index in [0.29, 0.717) is 17.1 Å². The van der Waals surface area contributed by atoms with Gasteiger partial charge < -0.3 is 19.7 Å². The molecule has 3 aromatic rings. The zero-order chi connectivity index (χ0) is 19.2. The van der Waals surface area contributed by atoms with Crippen LogP contribution in [0.5, 0.6) is 0 Å². The molecule has 2 atom stereocenters. The first-order valence-corrected chi connectivity index (χ1v) is 9.36. The van der Waals surface area contributed by atoms with Crippen molar-refractivity contribution in [2.24, 2.45) is 5.92 Å². The van der Waals surface area contributed by atoms with Crippen molar-refractivity contribution in [3.8, 4) is 0 Å². The van der Waals surface area contributed by atoms with E-state index in [-0.39, 0.29) is 13.2 Å². The van der Waals surface area contributed by atoms with Gasteiger partial charge >= 0.3 is 0 Å². The van der Waals surface area contributed by atoms with Crippen LogP contribution in [0.2, 0.25) is 0 Å². The lowest BCUT2D eigenvalue weighted by molar-refractivity contribution is 0.0820. The van der Waals surface area contributed by atoms with Gasteiger partial charge in [0.1, 0.15) is 6.33 Å². The van der Waals surface area contributed by atoms with Gasteiger partial charge in [-0.2, -0.15) is 0 Å². The maximum atomic E-state index is 9.76. The largest absolute Gasteiger partial charge is 0.394 e. The van der Waals surface area contributed by atoms with E-state index in [1.165, 1.54) is 11.9 Å². The zero-order valence-corrected chi connectivity index (χ0v) is 15.9. The molecule has 7 nitrogen and oxygen atoms in total. The smallest absolute Gasteiger partial charge is 0.165 e. The summed E-state index contributed by atoms with van der Waals surface area (Å²) in [6, 6.07) is 10.3. The molecular formula is C20H27N5O2. The van der Waals surface area contributed by atoms with Gasteiger partial charge in [-0.25, -0.2) is 15.0 Å². The molecule has 3 rings (SSSR count). The van der Waals surface area contributed by atoms with Gasteiger partial charge in [0.05, 0.1) is 25.6 Å². The highest BCUT2D eigenvalue weighted by molar-refractivity contribution is 5.83. The Morgan fingerprint density at radius 2 is 1.93 bits per heavy atom. The Hall–Kier alpha value is -2.51. The number of aliphatic hydroxyl groups is 2. The Labute approximate surface area is 159 Å². The van der Waals surface area contributed by atoms with Crippen LogP contribution >= 0.6 is 0 Å². The summed E-state index contributed by atoms with van der Waals surface area (Å²) in [5, 5.41) is 18.9. The number of rotatable bonds is 9. The van der Waals surface area contributed by atoms with Gasteiger partial charge in [-0.1, -0.05) is 50.6 Å². The molecule has 0 saturated carbocycles. The number of fused-ring (bicyclic) bond motifs is 1. The van der Waals surface area contributed by atoms with Crippen molar-refractivity contribution >= 4 is 17.0 Å². The molecule has 1 aromatic carbocycles. The van der Waals surface area contributed by atoms with Crippen LogP contribution in [0.3, 0.4) is 0 Å². The highest BCUT2D eigenvalue weighted by atomic mass is 16.3. The third-order valence-electron chi connectivity index (χ3n) is 4.74. The predicted octanol–water partition coefficient (Wildman–Crippen LogP) is 2.23. The van der Waals surface area contributed by atoms with Crippen LogP contribution < -0.4 is 4.90 Å². The van der Waals surface area contributed by atoms with Crippen molar-refractivity contribution in [3.05, 3.63) is 48.5 Å². The van der Waals surface area contributed by atoms with Gasteiger partial charge in [0.15, 0.2) is 17.0 Å². The van der Waals surface area contributed by atoms with Gasteiger partial charge in [-0.3, -0.25) is 0 Å². The molecule has 0 spiro atoms. The molecule has 2 aromatic heterocycles. The fourth-order valence-corrected chi connectivity index (χ4v) is 3.05. The van der Waals surface area contributed by atoms with E-state index < -0.39 is 6.10 Å². The molecule has 144 valence electrons. The maximum Gasteiger partial charge on any atom is 0.165 e. The van der Waals surface area contributed by atoms with Crippen molar-refractivity contribution in [2.75, 3.05) is 18.1 Å². The Kier molecular flexibility index (Phi) is 6.36. The highest BCUT2D eigenvalue weighted by Gasteiger charge is 2.19. The molecule has 2 N–H and O–H groups in total. The lowest BCUT2D eigenvalue weighted by Crippen LogP contribution is -2.29. The van der Waals surface area contributed by atoms with E-state index in [4.69, 9.17) is 5.11 Å². The number of nitrogens with zero attached hydrogens (tertiary/aromatic N) is 5. The molecule has 7 heteroatoms. The van der Waals surface area contributed by atoms with Gasteiger partial charge in [0, 0.05) is 13.1 Å². The van der Waals surface area contributed by atoms with Crippen molar-refractivity contribution in [1.82, 2.24) is 19.5 Å². The van der Waals surface area contributed by atoms with Crippen LogP contribution in [-0.4, -0.2) is 49.0 Å². The Balaban J connectivity index is 1.96. The van der Waals surface area contributed by atoms with Crippen LogP contribution in [0.25, 0.3) is 11.2 Å². The second kappa shape index (κ2) is 8.92. The van der Waals surface area contributed by atoms with E-state index in [2.05, 4.69) is 45.8 Å². The normalized spacial score (nSPS) is 13.6. The topological polar surface area (TPSA) is 87.3 Å². The maximum absolute atomic E-state index is 9.76. The van der Waals surface area contributed by atoms with E-state index in [0.717, 1.165) is 25.3 Å². The van der Waals surface area contributed by atoms with Gasteiger partial charge in [0.2, 0.25) is 0 Å². The molecule has 0 bridgehead atoms. The first-order valence-electron chi connectivity index (χ1n) is 9.36. The summed E-state index contributed by atoms with van der Waals surface area (Å²) in [4.78, 5) is 15.6. The molecule has 0 fully saturated rings. The summed E-state index contributed by atoms with van der Waals surface area (Å²) < 4.78 is 1.76. The first kappa shape index (κ1) is 19.3. The van der Waals surface area contributed by atoms with E-state index in [1.807, 2.05) is 18.2 Å². The van der Waals surface area contributed by atoms with Crippen LogP contribution in [-0.2, 0) is 13.1 Å². The third kappa shape index (κ3) is 4.61. The van der Waals surface area contributed by atoms with E-state index in [9.17, 15) is 5.11 Å². The number of benzene rings is 1. The van der Waals surface area contributed by atoms with Crippen molar-refractivity contribution in [1.29, 1.82) is 0 Å². The standard InChI is InChI=1S/C20H27N5O2/c1-3-15(2)9-24(10-16-7-5-4-6-8-16)19-18-20(22-13-21-19)25(14-23-18)11-17(27)12-26/h4-8,13-15,17,26-27H,3,9-12H2,1-2H3. The summed E-state index contributed by atoms with van der Waals surface area (Å²) in [5.41, 5.74) is 2.58. The lowest BCUT2D eigenvalue weighted by atomic mass is 10.1. The quantitative estimate of drug-likeness (QED) is 0.601. The highest BCUT2D eigenvalue weighted by Crippen LogP contribution is 2.25. The van der Waals surface area contributed by atoms with Crippen LogP contribution in [0.4, 0.5) is 5.82 Å². The fourth-order valence-electron chi connectivity index (χ4n) is 3.05. The number of imidazole rings is 1. The molecule has 0 amide bonds. The van der Waals surface area contributed by atoms with Crippen LogP contribution in [0, 0.1) is 5.92 Å². The van der Waals surface area contributed by atoms with E-state index >= 15 is 0 Å². The number of anilines is 1. The molecule has 2 unspecified atom stereocenters. The number of hydrogen-bond donors (Lipinski definition) is 2. The van der Waals surface area contributed by atoms with Gasteiger partial charge in [-0.05, 0) is 11.5 Å². The Bertz CT molecular complexity index is 852. The summed E-state index contributed by atoms with van der Waals surface area (Å²) in [6.07, 6.45) is 3.42. The predicted molar refractivity (Wildman–Crippen MR) is 105 cm³/mol. The summed E-state index contributed by atoms with van der Waals surface area (Å²) in [5.74, 6) is 1.30. The van der Waals surface area contributed by atoms with E-state index in [1.54, 1.807) is 10.9 Å². The Morgan fingerprint density at radius 1 is 1.15 bits per heavy atom. The zero-order valence-electron chi connectivity index (χ0n) is 15.9. The average Bonchev–Trinajstić information content (AvgIpc) is 3.11. The second-order valence-electron chi connectivity index (χ2n) is 6.98. The summed E-state index contributed by atoms with van der Waals surface area (Å²) in [6.45, 7) is 5.96. The van der Waals surface area contributed by atoms with Gasteiger partial charge in [-0.15, -0.1) is 0 Å². The van der Waals surface area contributed by atoms with Crippen molar-refractivity contribution in [3.63, 3.8) is 0 Å². The number of hydrogen-bond acceptors (Lipinski definition) is 6. The third-order valence-corrected chi connectivity index (χ3v) is 4.74. The van der Waals surface area contributed by atoms with Crippen LogP contribution in [0.1, 0.15) is 25.8 Å². The minimum atomic E-state index is -0.846. The molecule has 0 aliphatic carbocycles. The number of aliphatic hydroxyl groups excluding tert-OH is 2. The Morgan fingerprint density at radius 3 is 2.63 bits per heavy atom. The SMILES string of the molecule is CCC(C)CN(Cc1ccccc1)c1ncnc2c1ncn2CC(O)CO. The number of aromatic nitrogens is 4. The van der Waals surface area contributed by atoms with Crippen molar-refractivity contribution in [2.45, 2.75) is 39.5 Å². The molecule has 0 saturated heterocycles. The molecule has 2 heterocycles. The van der Waals surface area contributed by atoms with Crippen LogP contribution in [0.15, 0.2) is 43.0 Å². The first-order chi connectivity index (χ1) is 13.1. The molecule has 27 heavy (non-hydrogen) atoms. The molecular weight excluding hydrogens is 342 g/mol. The average molecular weight is 369 g/mol. The monoisotopic (exact) mass is 369 g/mol. The molecule has 0 aliphatic heterocycles.